The third-order valence-corrected chi connectivity index (χ3v) is 5.66. The van der Waals surface area contributed by atoms with Gasteiger partial charge in [-0.15, -0.1) is 0 Å². The van der Waals surface area contributed by atoms with Crippen molar-refractivity contribution in [1.29, 1.82) is 0 Å². The van der Waals surface area contributed by atoms with Crippen molar-refractivity contribution in [3.8, 4) is 0 Å². The third kappa shape index (κ3) is 2.70. The van der Waals surface area contributed by atoms with Crippen LogP contribution in [0.3, 0.4) is 0 Å². The molecular weight excluding hydrogens is 302 g/mol. The van der Waals surface area contributed by atoms with Crippen molar-refractivity contribution in [2.75, 3.05) is 18.5 Å². The number of guanidine groups is 1. The Hall–Kier alpha value is -1.59. The molecule has 2 aliphatic carbocycles. The molecule has 0 aromatic heterocycles. The molecule has 1 spiro atoms. The monoisotopic (exact) mass is 329 g/mol. The van der Waals surface area contributed by atoms with Crippen LogP contribution in [0.25, 0.3) is 0 Å². The molecule has 3 unspecified atom stereocenters. The van der Waals surface area contributed by atoms with Gasteiger partial charge in [0.2, 0.25) is 0 Å². The van der Waals surface area contributed by atoms with E-state index in [4.69, 9.17) is 20.2 Å². The lowest BCUT2D eigenvalue weighted by molar-refractivity contribution is -0.188. The van der Waals surface area contributed by atoms with E-state index in [-0.39, 0.29) is 17.7 Å². The fraction of sp³-hybridized carbons (Fsp3) is 0.632. The predicted molar refractivity (Wildman–Crippen MR) is 95.4 cm³/mol. The number of hydrogen-bond donors (Lipinski definition) is 2. The van der Waals surface area contributed by atoms with Gasteiger partial charge in [-0.25, -0.2) is 4.99 Å². The van der Waals surface area contributed by atoms with Gasteiger partial charge < -0.3 is 20.5 Å². The fourth-order valence-electron chi connectivity index (χ4n) is 4.43. The summed E-state index contributed by atoms with van der Waals surface area (Å²) in [6.07, 6.45) is 6.75. The minimum atomic E-state index is -0.250. The Bertz CT molecular complexity index is 637. The van der Waals surface area contributed by atoms with E-state index in [0.717, 1.165) is 44.6 Å². The molecule has 3 aliphatic rings. The second-order valence-electron chi connectivity index (χ2n) is 7.08. The van der Waals surface area contributed by atoms with Crippen LogP contribution in [0.4, 0.5) is 5.69 Å². The van der Waals surface area contributed by atoms with E-state index in [1.54, 1.807) is 0 Å². The number of aliphatic imine (C=N–C) groups is 1. The summed E-state index contributed by atoms with van der Waals surface area (Å²) in [4.78, 5) is 4.72. The van der Waals surface area contributed by atoms with E-state index in [2.05, 4.69) is 23.5 Å². The first-order valence-electron chi connectivity index (χ1n) is 9.19. The maximum Gasteiger partial charge on any atom is 0.193 e. The van der Waals surface area contributed by atoms with E-state index in [9.17, 15) is 0 Å². The molecule has 5 nitrogen and oxygen atoms in total. The second-order valence-corrected chi connectivity index (χ2v) is 7.08. The van der Waals surface area contributed by atoms with Crippen LogP contribution in [0.5, 0.6) is 0 Å². The van der Waals surface area contributed by atoms with E-state index in [1.807, 2.05) is 6.92 Å². The molecule has 2 fully saturated rings. The van der Waals surface area contributed by atoms with Crippen LogP contribution >= 0.6 is 0 Å². The topological polar surface area (TPSA) is 68.9 Å². The second kappa shape index (κ2) is 6.37. The summed E-state index contributed by atoms with van der Waals surface area (Å²) >= 11 is 0. The predicted octanol–water partition coefficient (Wildman–Crippen LogP) is 2.63. The molecule has 0 radical (unpaired) electrons. The highest BCUT2D eigenvalue weighted by atomic mass is 16.6. The number of nitrogens with two attached hydrogens (primary N) is 1. The Morgan fingerprint density at radius 1 is 1.38 bits per heavy atom. The lowest BCUT2D eigenvalue weighted by atomic mass is 9.70. The first kappa shape index (κ1) is 15.9. The highest BCUT2D eigenvalue weighted by molar-refractivity contribution is 5.92. The van der Waals surface area contributed by atoms with Gasteiger partial charge in [0.1, 0.15) is 5.60 Å². The Kier molecular flexibility index (Phi) is 4.22. The maximum absolute atomic E-state index is 6.17. The fourth-order valence-corrected chi connectivity index (χ4v) is 4.43. The number of ether oxygens (including phenoxy) is 2. The summed E-state index contributed by atoms with van der Waals surface area (Å²) in [6.45, 7) is 3.55. The van der Waals surface area contributed by atoms with Gasteiger partial charge >= 0.3 is 0 Å². The van der Waals surface area contributed by atoms with E-state index < -0.39 is 0 Å². The van der Waals surface area contributed by atoms with Crippen molar-refractivity contribution in [1.82, 2.24) is 0 Å². The number of aryl methyl sites for hydroxylation is 2. The zero-order valence-electron chi connectivity index (χ0n) is 14.4. The van der Waals surface area contributed by atoms with Crippen LogP contribution in [0.2, 0.25) is 0 Å². The van der Waals surface area contributed by atoms with Crippen molar-refractivity contribution >= 4 is 11.6 Å². The third-order valence-electron chi connectivity index (χ3n) is 5.66. The Morgan fingerprint density at radius 2 is 2.25 bits per heavy atom. The van der Waals surface area contributed by atoms with Gasteiger partial charge in [0.05, 0.1) is 12.1 Å². The van der Waals surface area contributed by atoms with Crippen molar-refractivity contribution in [2.24, 2.45) is 10.7 Å². The van der Waals surface area contributed by atoms with Crippen molar-refractivity contribution in [3.63, 3.8) is 0 Å². The highest BCUT2D eigenvalue weighted by Gasteiger charge is 2.59. The molecule has 4 rings (SSSR count). The first-order valence-corrected chi connectivity index (χ1v) is 9.19. The number of anilines is 1. The lowest BCUT2D eigenvalue weighted by Crippen LogP contribution is -2.63. The minimum absolute atomic E-state index is 0.0958. The van der Waals surface area contributed by atoms with Gasteiger partial charge in [-0.2, -0.15) is 0 Å². The van der Waals surface area contributed by atoms with Gasteiger partial charge in [0, 0.05) is 25.3 Å². The van der Waals surface area contributed by atoms with Gasteiger partial charge in [-0.1, -0.05) is 6.07 Å². The Balaban J connectivity index is 1.45. The standard InChI is InChI=1S/C19H27N3O2/c1-2-23-17-12-16(19(17)9-4-10-24-19)22-18(20)21-15-8-7-13-5-3-6-14(13)11-15/h7-8,11,16-17H,2-6,9-10,12H2,1H3,(H3,20,21,22). The van der Waals surface area contributed by atoms with Crippen LogP contribution in [0.15, 0.2) is 23.2 Å². The van der Waals surface area contributed by atoms with Crippen molar-refractivity contribution in [2.45, 2.75) is 63.2 Å². The summed E-state index contributed by atoms with van der Waals surface area (Å²) in [6, 6.07) is 6.60. The van der Waals surface area contributed by atoms with E-state index in [0.29, 0.717) is 5.96 Å². The van der Waals surface area contributed by atoms with E-state index >= 15 is 0 Å². The van der Waals surface area contributed by atoms with Gasteiger partial charge in [-0.05, 0) is 62.3 Å². The average Bonchev–Trinajstić information content (AvgIpc) is 3.24. The molecule has 1 aromatic carbocycles. The molecule has 1 saturated carbocycles. The summed E-state index contributed by atoms with van der Waals surface area (Å²) in [5.41, 5.74) is 9.85. The molecule has 1 aliphatic heterocycles. The molecule has 1 heterocycles. The van der Waals surface area contributed by atoms with Crippen molar-refractivity contribution < 1.29 is 9.47 Å². The summed E-state index contributed by atoms with van der Waals surface area (Å²) in [5, 5.41) is 3.26. The van der Waals surface area contributed by atoms with Crippen LogP contribution < -0.4 is 11.1 Å². The number of hydrogen-bond acceptors (Lipinski definition) is 3. The van der Waals surface area contributed by atoms with Crippen LogP contribution in [0.1, 0.15) is 43.7 Å². The smallest absolute Gasteiger partial charge is 0.193 e. The normalized spacial score (nSPS) is 32.0. The molecule has 0 amide bonds. The molecule has 1 aromatic rings. The molecule has 130 valence electrons. The molecule has 3 atom stereocenters. The van der Waals surface area contributed by atoms with Gasteiger partial charge in [0.25, 0.3) is 0 Å². The molecule has 3 N–H and O–H groups in total. The molecular formula is C19H27N3O2. The summed E-state index contributed by atoms with van der Waals surface area (Å²) < 4.78 is 11.9. The Labute approximate surface area is 143 Å². The number of nitrogens with zero attached hydrogens (tertiary/aromatic N) is 1. The van der Waals surface area contributed by atoms with Crippen LogP contribution in [0, 0.1) is 0 Å². The largest absolute Gasteiger partial charge is 0.375 e. The summed E-state index contributed by atoms with van der Waals surface area (Å²) in [7, 11) is 0. The molecule has 24 heavy (non-hydrogen) atoms. The number of rotatable bonds is 4. The Morgan fingerprint density at radius 3 is 3.04 bits per heavy atom. The van der Waals surface area contributed by atoms with Gasteiger partial charge in [-0.3, -0.25) is 0 Å². The zero-order valence-corrected chi connectivity index (χ0v) is 14.4. The quantitative estimate of drug-likeness (QED) is 0.658. The SMILES string of the molecule is CCOC1CC(N=C(N)Nc2ccc3c(c2)CCC3)C12CCCO2. The van der Waals surface area contributed by atoms with Crippen molar-refractivity contribution in [3.05, 3.63) is 29.3 Å². The number of nitrogens with one attached hydrogen (secondary N) is 1. The van der Waals surface area contributed by atoms with Crippen LogP contribution in [-0.4, -0.2) is 36.9 Å². The zero-order chi connectivity index (χ0) is 16.6. The number of fused-ring (bicyclic) bond motifs is 1. The summed E-state index contributed by atoms with van der Waals surface area (Å²) in [5.74, 6) is 0.475. The van der Waals surface area contributed by atoms with Crippen LogP contribution in [-0.2, 0) is 22.3 Å². The number of benzene rings is 1. The maximum atomic E-state index is 6.17. The lowest BCUT2D eigenvalue weighted by Gasteiger charge is -2.50. The van der Waals surface area contributed by atoms with E-state index in [1.165, 1.54) is 24.0 Å². The highest BCUT2D eigenvalue weighted by Crippen LogP contribution is 2.47. The molecule has 5 heteroatoms. The van der Waals surface area contributed by atoms with Gasteiger partial charge in [0.15, 0.2) is 5.96 Å². The minimum Gasteiger partial charge on any atom is -0.375 e. The molecule has 0 bridgehead atoms. The molecule has 1 saturated heterocycles. The average molecular weight is 329 g/mol. The first-order chi connectivity index (χ1) is 11.7.